The molecule has 0 amide bonds. The standard InChI is InChI=1S/C23H25ClF3N5/c24-15-5-8-17-19(10-15)29-12-22-31(20(17)11-21(26)27)13-30-32(22)16-6-3-14(4-7-16)23-18(25)2-1-9-28-23/h1-2,9-10,12-14,16,20-21,29H,3-8,11H2/t14-,16-,20?. The van der Waals surface area contributed by atoms with Crippen LogP contribution < -0.4 is 5.32 Å². The average Bonchev–Trinajstić information content (AvgIpc) is 3.14. The molecule has 1 fully saturated rings. The van der Waals surface area contributed by atoms with E-state index in [9.17, 15) is 13.2 Å². The van der Waals surface area contributed by atoms with E-state index >= 15 is 0 Å². The van der Waals surface area contributed by atoms with Crippen LogP contribution >= 0.6 is 11.6 Å². The molecule has 1 atom stereocenters. The van der Waals surface area contributed by atoms with Crippen molar-refractivity contribution in [3.63, 3.8) is 0 Å². The van der Waals surface area contributed by atoms with Crippen LogP contribution in [0.3, 0.4) is 0 Å². The molecular formula is C23H25ClF3N5. The maximum Gasteiger partial charge on any atom is 0.240 e. The highest BCUT2D eigenvalue weighted by Crippen LogP contribution is 2.40. The maximum absolute atomic E-state index is 14.2. The molecular weight excluding hydrogens is 439 g/mol. The highest BCUT2D eigenvalue weighted by Gasteiger charge is 2.39. The van der Waals surface area contributed by atoms with Gasteiger partial charge in [0.05, 0.1) is 17.8 Å². The van der Waals surface area contributed by atoms with E-state index < -0.39 is 12.5 Å². The van der Waals surface area contributed by atoms with Gasteiger partial charge in [-0.1, -0.05) is 11.6 Å². The van der Waals surface area contributed by atoms with Gasteiger partial charge in [-0.2, -0.15) is 5.10 Å². The third-order valence-electron chi connectivity index (χ3n) is 6.79. The summed E-state index contributed by atoms with van der Waals surface area (Å²) in [7, 11) is 0. The van der Waals surface area contributed by atoms with Crippen molar-refractivity contribution in [3.8, 4) is 0 Å². The minimum atomic E-state index is -2.43. The third-order valence-corrected chi connectivity index (χ3v) is 7.09. The predicted octanol–water partition coefficient (Wildman–Crippen LogP) is 5.40. The van der Waals surface area contributed by atoms with Crippen LogP contribution in [0, 0.1) is 5.82 Å². The topological polar surface area (TPSA) is 43.8 Å². The summed E-state index contributed by atoms with van der Waals surface area (Å²) in [4.78, 5) is 6.11. The number of hydrogen-bond acceptors (Lipinski definition) is 5. The van der Waals surface area contributed by atoms with E-state index in [2.05, 4.69) is 15.4 Å². The highest BCUT2D eigenvalue weighted by atomic mass is 35.5. The van der Waals surface area contributed by atoms with Gasteiger partial charge in [0.1, 0.15) is 18.0 Å². The van der Waals surface area contributed by atoms with Crippen LogP contribution in [0.15, 0.2) is 57.8 Å². The molecule has 4 aliphatic rings. The van der Waals surface area contributed by atoms with Gasteiger partial charge in [0.2, 0.25) is 6.43 Å². The van der Waals surface area contributed by atoms with Crippen molar-refractivity contribution >= 4 is 17.9 Å². The molecule has 3 heterocycles. The number of rotatable bonds is 4. The maximum atomic E-state index is 14.2. The fraction of sp³-hybridized carbons (Fsp3) is 0.478. The van der Waals surface area contributed by atoms with Crippen LogP contribution in [-0.2, 0) is 0 Å². The summed E-state index contributed by atoms with van der Waals surface area (Å²) in [6.45, 7) is 0. The number of hydrogen-bond donors (Lipinski definition) is 1. The van der Waals surface area contributed by atoms with Gasteiger partial charge < -0.3 is 10.2 Å². The van der Waals surface area contributed by atoms with Crippen molar-refractivity contribution in [2.45, 2.75) is 69.4 Å². The van der Waals surface area contributed by atoms with Crippen molar-refractivity contribution in [2.75, 3.05) is 0 Å². The van der Waals surface area contributed by atoms with Gasteiger partial charge in [0.15, 0.2) is 0 Å². The number of fused-ring (bicyclic) bond motifs is 1. The Hall–Kier alpha value is -2.48. The summed E-state index contributed by atoms with van der Waals surface area (Å²) in [5, 5.41) is 10.5. The molecule has 2 aliphatic carbocycles. The number of nitrogens with zero attached hydrogens (tertiary/aromatic N) is 4. The largest absolute Gasteiger partial charge is 0.358 e. The minimum absolute atomic E-state index is 0.0872. The normalized spacial score (nSPS) is 27.6. The molecule has 1 aromatic heterocycles. The summed E-state index contributed by atoms with van der Waals surface area (Å²) >= 11 is 6.23. The summed E-state index contributed by atoms with van der Waals surface area (Å²) in [6.07, 6.45) is 8.82. The van der Waals surface area contributed by atoms with Gasteiger partial charge in [0.25, 0.3) is 0 Å². The number of allylic oxidation sites excluding steroid dienone is 2. The molecule has 0 aromatic carbocycles. The van der Waals surface area contributed by atoms with Crippen molar-refractivity contribution in [3.05, 3.63) is 64.2 Å². The van der Waals surface area contributed by atoms with Gasteiger partial charge >= 0.3 is 0 Å². The Labute approximate surface area is 190 Å². The molecule has 1 saturated carbocycles. The van der Waals surface area contributed by atoms with Gasteiger partial charge in [-0.05, 0) is 62.3 Å². The molecule has 32 heavy (non-hydrogen) atoms. The monoisotopic (exact) mass is 463 g/mol. The lowest BCUT2D eigenvalue weighted by molar-refractivity contribution is 0.109. The first kappa shape index (κ1) is 21.4. The van der Waals surface area contributed by atoms with Crippen LogP contribution in [0.4, 0.5) is 13.2 Å². The predicted molar refractivity (Wildman–Crippen MR) is 117 cm³/mol. The zero-order valence-electron chi connectivity index (χ0n) is 17.5. The molecule has 1 unspecified atom stereocenters. The molecule has 2 aliphatic heterocycles. The Bertz CT molecular complexity index is 997. The SMILES string of the molecule is Fc1cccnc1[C@H]1CC[C@H](N2N=CN3C2=CNC2=C(CCC(Cl)=C2)C3CC(F)F)CC1. The van der Waals surface area contributed by atoms with Crippen LogP contribution in [0.5, 0.6) is 0 Å². The summed E-state index contributed by atoms with van der Waals surface area (Å²) in [6, 6.07) is 2.71. The summed E-state index contributed by atoms with van der Waals surface area (Å²) < 4.78 is 41.2. The lowest BCUT2D eigenvalue weighted by atomic mass is 9.83. The van der Waals surface area contributed by atoms with Crippen LogP contribution in [-0.4, -0.2) is 39.7 Å². The van der Waals surface area contributed by atoms with Gasteiger partial charge in [-0.15, -0.1) is 0 Å². The number of aromatic nitrogens is 1. The average molecular weight is 464 g/mol. The zero-order valence-corrected chi connectivity index (χ0v) is 18.3. The fourth-order valence-corrected chi connectivity index (χ4v) is 5.43. The number of halogens is 4. The van der Waals surface area contributed by atoms with Gasteiger partial charge in [0, 0.05) is 35.5 Å². The van der Waals surface area contributed by atoms with Gasteiger partial charge in [-0.3, -0.25) is 4.98 Å². The molecule has 0 radical (unpaired) electrons. The van der Waals surface area contributed by atoms with E-state index in [0.717, 1.165) is 47.8 Å². The van der Waals surface area contributed by atoms with E-state index in [1.54, 1.807) is 18.6 Å². The molecule has 5 rings (SSSR count). The second-order valence-electron chi connectivity index (χ2n) is 8.68. The van der Waals surface area contributed by atoms with E-state index in [1.807, 2.05) is 22.2 Å². The smallest absolute Gasteiger partial charge is 0.240 e. The second kappa shape index (κ2) is 8.81. The molecule has 5 nitrogen and oxygen atoms in total. The molecule has 9 heteroatoms. The molecule has 1 aromatic rings. The zero-order chi connectivity index (χ0) is 22.2. The van der Waals surface area contributed by atoms with E-state index in [-0.39, 0.29) is 24.2 Å². The lowest BCUT2D eigenvalue weighted by Gasteiger charge is -2.36. The number of alkyl halides is 2. The van der Waals surface area contributed by atoms with Crippen LogP contribution in [0.2, 0.25) is 0 Å². The Balaban J connectivity index is 1.34. The number of hydrazone groups is 1. The Morgan fingerprint density at radius 2 is 2.00 bits per heavy atom. The van der Waals surface area contributed by atoms with Crippen LogP contribution in [0.1, 0.15) is 56.6 Å². The lowest BCUT2D eigenvalue weighted by Crippen LogP contribution is -2.40. The second-order valence-corrected chi connectivity index (χ2v) is 9.16. The first-order valence-corrected chi connectivity index (χ1v) is 11.4. The molecule has 0 saturated heterocycles. The van der Waals surface area contributed by atoms with Gasteiger partial charge in [-0.25, -0.2) is 18.2 Å². The van der Waals surface area contributed by atoms with Crippen molar-refractivity contribution < 1.29 is 13.2 Å². The van der Waals surface area contributed by atoms with Crippen molar-refractivity contribution in [1.29, 1.82) is 0 Å². The quantitative estimate of drug-likeness (QED) is 0.649. The Morgan fingerprint density at radius 3 is 2.75 bits per heavy atom. The minimum Gasteiger partial charge on any atom is -0.358 e. The van der Waals surface area contributed by atoms with Crippen LogP contribution in [0.25, 0.3) is 0 Å². The number of pyridine rings is 1. The molecule has 0 bridgehead atoms. The molecule has 1 N–H and O–H groups in total. The van der Waals surface area contributed by atoms with E-state index in [1.165, 1.54) is 6.07 Å². The fourth-order valence-electron chi connectivity index (χ4n) is 5.23. The Morgan fingerprint density at radius 1 is 1.19 bits per heavy atom. The van der Waals surface area contributed by atoms with E-state index in [0.29, 0.717) is 18.5 Å². The third kappa shape index (κ3) is 4.00. The first-order chi connectivity index (χ1) is 15.5. The molecule has 170 valence electrons. The summed E-state index contributed by atoms with van der Waals surface area (Å²) in [5.74, 6) is 0.599. The van der Waals surface area contributed by atoms with E-state index in [4.69, 9.17) is 11.6 Å². The highest BCUT2D eigenvalue weighted by molar-refractivity contribution is 6.29. The summed E-state index contributed by atoms with van der Waals surface area (Å²) in [5.41, 5.74) is 2.27. The van der Waals surface area contributed by atoms with Crippen molar-refractivity contribution in [1.82, 2.24) is 20.2 Å². The number of nitrogens with one attached hydrogen (secondary N) is 1. The molecule has 0 spiro atoms. The Kier molecular flexibility index (Phi) is 5.88. The van der Waals surface area contributed by atoms with Crippen molar-refractivity contribution in [2.24, 2.45) is 5.10 Å². The first-order valence-electron chi connectivity index (χ1n) is 11.1.